The Balaban J connectivity index is 0.000000323. The van der Waals surface area contributed by atoms with Crippen molar-refractivity contribution in [3.05, 3.63) is 57.6 Å². The van der Waals surface area contributed by atoms with Gasteiger partial charge in [-0.05, 0) is 30.7 Å². The van der Waals surface area contributed by atoms with Crippen LogP contribution in [-0.4, -0.2) is 50.2 Å². The molecule has 0 aliphatic rings. The lowest BCUT2D eigenvalue weighted by Crippen LogP contribution is -2.29. The van der Waals surface area contributed by atoms with Crippen LogP contribution in [0.25, 0.3) is 0 Å². The highest BCUT2D eigenvalue weighted by Gasteiger charge is 2.17. The molecule has 0 fully saturated rings. The minimum atomic E-state index is -1.13. The predicted molar refractivity (Wildman–Crippen MR) is 123 cm³/mol. The highest BCUT2D eigenvalue weighted by Crippen LogP contribution is 2.28. The van der Waals surface area contributed by atoms with Crippen LogP contribution in [0.15, 0.2) is 36.4 Å². The van der Waals surface area contributed by atoms with E-state index in [1.165, 1.54) is 26.4 Å². The van der Waals surface area contributed by atoms with E-state index in [9.17, 15) is 14.4 Å². The van der Waals surface area contributed by atoms with Crippen molar-refractivity contribution in [1.82, 2.24) is 10.6 Å². The molecule has 0 spiro atoms. The third kappa shape index (κ3) is 8.28. The maximum atomic E-state index is 12.0. The van der Waals surface area contributed by atoms with Crippen molar-refractivity contribution >= 4 is 41.0 Å². The molecule has 8 nitrogen and oxygen atoms in total. The number of carbonyl (C=O) groups excluding carboxylic acids is 2. The van der Waals surface area contributed by atoms with Crippen LogP contribution < -0.4 is 20.1 Å². The van der Waals surface area contributed by atoms with Crippen LogP contribution in [0, 0.1) is 0 Å². The second-order valence-corrected chi connectivity index (χ2v) is 7.13. The smallest absolute Gasteiger partial charge is 0.322 e. The molecule has 0 radical (unpaired) electrons. The van der Waals surface area contributed by atoms with E-state index in [0.717, 1.165) is 12.8 Å². The molecule has 2 amide bonds. The number of benzene rings is 2. The highest BCUT2D eigenvalue weighted by molar-refractivity contribution is 6.39. The van der Waals surface area contributed by atoms with Crippen molar-refractivity contribution in [2.24, 2.45) is 0 Å². The molecule has 0 aliphatic carbocycles. The molecule has 0 atom stereocenters. The third-order valence-electron chi connectivity index (χ3n) is 4.06. The predicted octanol–water partition coefficient (Wildman–Crippen LogP) is 4.04. The molecule has 3 N–H and O–H groups in total. The summed E-state index contributed by atoms with van der Waals surface area (Å²) in [4.78, 5) is 33.7. The van der Waals surface area contributed by atoms with E-state index in [1.807, 2.05) is 0 Å². The molecule has 0 heterocycles. The van der Waals surface area contributed by atoms with E-state index < -0.39 is 18.4 Å². The zero-order valence-electron chi connectivity index (χ0n) is 18.0. The molecular weight excluding hydrogens is 459 g/mol. The summed E-state index contributed by atoms with van der Waals surface area (Å²) in [5.74, 6) is -0.844. The first-order chi connectivity index (χ1) is 15.3. The van der Waals surface area contributed by atoms with E-state index in [4.69, 9.17) is 37.8 Å². The molecule has 2 aromatic rings. The van der Waals surface area contributed by atoms with Crippen LogP contribution in [0.1, 0.15) is 40.5 Å². The van der Waals surface area contributed by atoms with Crippen LogP contribution in [0.3, 0.4) is 0 Å². The number of halogens is 2. The number of hydrogen-bond acceptors (Lipinski definition) is 5. The molecule has 0 bridgehead atoms. The number of carbonyl (C=O) groups is 3. The lowest BCUT2D eigenvalue weighted by atomic mass is 10.1. The van der Waals surface area contributed by atoms with Crippen molar-refractivity contribution < 1.29 is 29.0 Å². The maximum absolute atomic E-state index is 12.0. The average Bonchev–Trinajstić information content (AvgIpc) is 2.77. The number of ether oxygens (including phenoxy) is 2. The van der Waals surface area contributed by atoms with Gasteiger partial charge in [0.15, 0.2) is 0 Å². The van der Waals surface area contributed by atoms with Gasteiger partial charge in [-0.2, -0.15) is 0 Å². The summed E-state index contributed by atoms with van der Waals surface area (Å²) in [6.07, 6.45) is 2.01. The normalized spacial score (nSPS) is 9.78. The Morgan fingerprint density at radius 2 is 1.38 bits per heavy atom. The summed E-state index contributed by atoms with van der Waals surface area (Å²) < 4.78 is 10.3. The van der Waals surface area contributed by atoms with Gasteiger partial charge in [0.05, 0.1) is 29.8 Å². The van der Waals surface area contributed by atoms with Crippen molar-refractivity contribution in [3.63, 3.8) is 0 Å². The number of rotatable bonds is 9. The van der Waals surface area contributed by atoms with Gasteiger partial charge in [0, 0.05) is 6.54 Å². The molecule has 32 heavy (non-hydrogen) atoms. The molecule has 174 valence electrons. The van der Waals surface area contributed by atoms with Crippen molar-refractivity contribution in [2.75, 3.05) is 27.3 Å². The summed E-state index contributed by atoms with van der Waals surface area (Å²) in [5, 5.41) is 13.8. The molecule has 2 aromatic carbocycles. The van der Waals surface area contributed by atoms with Crippen LogP contribution in [0.5, 0.6) is 11.5 Å². The van der Waals surface area contributed by atoms with Gasteiger partial charge in [0.1, 0.15) is 23.6 Å². The first-order valence-electron chi connectivity index (χ1n) is 9.69. The summed E-state index contributed by atoms with van der Waals surface area (Å²) >= 11 is 11.5. The summed E-state index contributed by atoms with van der Waals surface area (Å²) in [5.41, 5.74) is 0.538. The number of amides is 2. The molecule has 10 heteroatoms. The first kappa shape index (κ1) is 27.1. The van der Waals surface area contributed by atoms with Crippen LogP contribution in [-0.2, 0) is 4.79 Å². The van der Waals surface area contributed by atoms with Gasteiger partial charge in [-0.25, -0.2) is 0 Å². The largest absolute Gasteiger partial charge is 0.496 e. The Hall–Kier alpha value is -2.97. The van der Waals surface area contributed by atoms with Crippen molar-refractivity contribution in [3.8, 4) is 11.5 Å². The van der Waals surface area contributed by atoms with Crippen LogP contribution in [0.2, 0.25) is 10.0 Å². The molecule has 0 unspecified atom stereocenters. The lowest BCUT2D eigenvalue weighted by Gasteiger charge is -2.12. The molecule has 0 saturated heterocycles. The zero-order chi connectivity index (χ0) is 24.1. The minimum absolute atomic E-state index is 0.0853. The number of unbranched alkanes of at least 4 members (excludes halogenated alkanes) is 1. The monoisotopic (exact) mass is 484 g/mol. The lowest BCUT2D eigenvalue weighted by molar-refractivity contribution is -0.135. The number of carboxylic acid groups (broad SMARTS) is 1. The fourth-order valence-electron chi connectivity index (χ4n) is 2.50. The molecule has 0 aromatic heterocycles. The maximum Gasteiger partial charge on any atom is 0.322 e. The van der Waals surface area contributed by atoms with Crippen LogP contribution >= 0.6 is 23.2 Å². The summed E-state index contributed by atoms with van der Waals surface area (Å²) in [6, 6.07) is 9.89. The van der Waals surface area contributed by atoms with Gasteiger partial charge in [-0.15, -0.1) is 0 Å². The second kappa shape index (κ2) is 14.2. The molecule has 2 rings (SSSR count). The number of methoxy groups -OCH3 is 2. The van der Waals surface area contributed by atoms with Crippen molar-refractivity contribution in [2.45, 2.75) is 19.8 Å². The Labute approximate surface area is 196 Å². The Morgan fingerprint density at radius 3 is 1.84 bits per heavy atom. The van der Waals surface area contributed by atoms with Gasteiger partial charge in [-0.1, -0.05) is 48.7 Å². The number of aliphatic carboxylic acids is 1. The second-order valence-electron chi connectivity index (χ2n) is 6.32. The summed E-state index contributed by atoms with van der Waals surface area (Å²) in [7, 11) is 3.08. The Kier molecular flexibility index (Phi) is 12.0. The van der Waals surface area contributed by atoms with Gasteiger partial charge in [-0.3, -0.25) is 14.4 Å². The fraction of sp³-hybridized carbons (Fsp3) is 0.318. The third-order valence-corrected chi connectivity index (χ3v) is 4.69. The van der Waals surface area contributed by atoms with E-state index in [0.29, 0.717) is 23.6 Å². The quantitative estimate of drug-likeness (QED) is 0.462. The van der Waals surface area contributed by atoms with E-state index in [-0.39, 0.29) is 21.5 Å². The van der Waals surface area contributed by atoms with Gasteiger partial charge < -0.3 is 25.2 Å². The first-order valence-corrected chi connectivity index (χ1v) is 10.5. The number of carboxylic acids is 1. The number of hydrogen-bond donors (Lipinski definition) is 3. The van der Waals surface area contributed by atoms with Crippen molar-refractivity contribution in [1.29, 1.82) is 0 Å². The van der Waals surface area contributed by atoms with E-state index >= 15 is 0 Å². The SMILES string of the molecule is CCCCNC(=O)c1c(OC)cccc1OC.O=C(O)CNC(=O)c1c(Cl)cccc1Cl. The zero-order valence-corrected chi connectivity index (χ0v) is 19.5. The highest BCUT2D eigenvalue weighted by atomic mass is 35.5. The summed E-state index contributed by atoms with van der Waals surface area (Å²) in [6.45, 7) is 2.27. The fourth-order valence-corrected chi connectivity index (χ4v) is 3.07. The average molecular weight is 485 g/mol. The molecule has 0 aliphatic heterocycles. The van der Waals surface area contributed by atoms with Gasteiger partial charge in [0.2, 0.25) is 0 Å². The number of nitrogens with one attached hydrogen (secondary N) is 2. The van der Waals surface area contributed by atoms with Crippen LogP contribution in [0.4, 0.5) is 0 Å². The minimum Gasteiger partial charge on any atom is -0.496 e. The molecule has 0 saturated carbocycles. The van der Waals surface area contributed by atoms with E-state index in [2.05, 4.69) is 17.6 Å². The van der Waals surface area contributed by atoms with E-state index in [1.54, 1.807) is 24.3 Å². The Morgan fingerprint density at radius 1 is 0.875 bits per heavy atom. The molecular formula is C22H26Cl2N2O6. The van der Waals surface area contributed by atoms with Gasteiger partial charge in [0.25, 0.3) is 11.8 Å². The van der Waals surface area contributed by atoms with Gasteiger partial charge >= 0.3 is 5.97 Å². The Bertz CT molecular complexity index is 894. The topological polar surface area (TPSA) is 114 Å². The standard InChI is InChI=1S/C13H19NO3.C9H7Cl2NO3/c1-4-5-9-14-13(15)12-10(16-2)7-6-8-11(12)17-3;10-5-2-1-3-6(11)8(5)9(15)12-4-7(13)14/h6-8H,4-5,9H2,1-3H3,(H,14,15);1-3H,4H2,(H,12,15)(H,13,14).